The minimum Gasteiger partial charge on any atom is -0.375 e. The minimum atomic E-state index is 0.578. The molecular weight excluding hydrogens is 210 g/mol. The van der Waals surface area contributed by atoms with Crippen LogP contribution in [0, 0.1) is 17.8 Å². The highest BCUT2D eigenvalue weighted by atomic mass is 16.5. The number of hydrogen-bond acceptors (Lipinski definition) is 2. The maximum absolute atomic E-state index is 6.05. The lowest BCUT2D eigenvalue weighted by molar-refractivity contribution is 0.0743. The van der Waals surface area contributed by atoms with Crippen molar-refractivity contribution < 1.29 is 4.74 Å². The van der Waals surface area contributed by atoms with Crippen LogP contribution in [-0.2, 0) is 4.74 Å². The van der Waals surface area contributed by atoms with E-state index in [0.717, 1.165) is 17.8 Å². The van der Waals surface area contributed by atoms with Crippen LogP contribution in [0.5, 0.6) is 0 Å². The summed E-state index contributed by atoms with van der Waals surface area (Å²) in [5.41, 5.74) is 0. The summed E-state index contributed by atoms with van der Waals surface area (Å²) < 4.78 is 6.05. The molecule has 3 aliphatic rings. The Bertz CT molecular complexity index is 268. The van der Waals surface area contributed by atoms with Gasteiger partial charge in [0.05, 0.1) is 12.2 Å². The van der Waals surface area contributed by atoms with E-state index in [1.54, 1.807) is 0 Å². The largest absolute Gasteiger partial charge is 0.375 e. The molecule has 0 radical (unpaired) electrons. The van der Waals surface area contributed by atoms with Gasteiger partial charge in [-0.3, -0.25) is 0 Å². The molecule has 2 heteroatoms. The third kappa shape index (κ3) is 2.26. The van der Waals surface area contributed by atoms with Crippen LogP contribution in [-0.4, -0.2) is 25.3 Å². The van der Waals surface area contributed by atoms with Gasteiger partial charge >= 0.3 is 0 Å². The van der Waals surface area contributed by atoms with E-state index in [-0.39, 0.29) is 0 Å². The van der Waals surface area contributed by atoms with Crippen LogP contribution in [0.1, 0.15) is 51.9 Å². The predicted octanol–water partition coefficient (Wildman–Crippen LogP) is 2.97. The van der Waals surface area contributed by atoms with Gasteiger partial charge in [-0.25, -0.2) is 0 Å². The SMILES string of the molecule is CNC(C1CCCC(C)C1)C1CC2CCC1O2. The van der Waals surface area contributed by atoms with Crippen LogP contribution < -0.4 is 5.32 Å². The van der Waals surface area contributed by atoms with E-state index < -0.39 is 0 Å². The van der Waals surface area contributed by atoms with Crippen molar-refractivity contribution in [1.82, 2.24) is 5.32 Å². The van der Waals surface area contributed by atoms with E-state index in [1.165, 1.54) is 44.9 Å². The molecule has 98 valence electrons. The van der Waals surface area contributed by atoms with Gasteiger partial charge in [-0.05, 0) is 51.0 Å². The van der Waals surface area contributed by atoms with E-state index in [2.05, 4.69) is 19.3 Å². The maximum atomic E-state index is 6.05. The Morgan fingerprint density at radius 2 is 2.00 bits per heavy atom. The Hall–Kier alpha value is -0.0800. The average Bonchev–Trinajstić information content (AvgIpc) is 2.92. The molecule has 0 aromatic rings. The zero-order chi connectivity index (χ0) is 11.8. The highest BCUT2D eigenvalue weighted by Crippen LogP contribution is 2.44. The van der Waals surface area contributed by atoms with Gasteiger partial charge in [0.1, 0.15) is 0 Å². The summed E-state index contributed by atoms with van der Waals surface area (Å²) in [5, 5.41) is 3.64. The van der Waals surface area contributed by atoms with Crippen molar-refractivity contribution in [3.8, 4) is 0 Å². The van der Waals surface area contributed by atoms with Gasteiger partial charge in [-0.2, -0.15) is 0 Å². The van der Waals surface area contributed by atoms with Crippen LogP contribution in [0.2, 0.25) is 0 Å². The van der Waals surface area contributed by atoms with Gasteiger partial charge in [0.25, 0.3) is 0 Å². The van der Waals surface area contributed by atoms with Crippen LogP contribution >= 0.6 is 0 Å². The fraction of sp³-hybridized carbons (Fsp3) is 1.00. The lowest BCUT2D eigenvalue weighted by Crippen LogP contribution is -2.45. The van der Waals surface area contributed by atoms with Crippen molar-refractivity contribution in [3.63, 3.8) is 0 Å². The molecule has 6 unspecified atom stereocenters. The lowest BCUT2D eigenvalue weighted by Gasteiger charge is -2.38. The summed E-state index contributed by atoms with van der Waals surface area (Å²) >= 11 is 0. The normalized spacial score (nSPS) is 47.3. The second-order valence-corrected chi connectivity index (χ2v) is 6.62. The number of hydrogen-bond donors (Lipinski definition) is 1. The van der Waals surface area contributed by atoms with Crippen molar-refractivity contribution in [3.05, 3.63) is 0 Å². The maximum Gasteiger partial charge on any atom is 0.0623 e. The summed E-state index contributed by atoms with van der Waals surface area (Å²) in [6.07, 6.45) is 10.9. The Labute approximate surface area is 105 Å². The van der Waals surface area contributed by atoms with Crippen molar-refractivity contribution in [1.29, 1.82) is 0 Å². The summed E-state index contributed by atoms with van der Waals surface area (Å²) in [7, 11) is 2.16. The van der Waals surface area contributed by atoms with Crippen molar-refractivity contribution >= 4 is 0 Å². The van der Waals surface area contributed by atoms with Crippen LogP contribution in [0.25, 0.3) is 0 Å². The van der Waals surface area contributed by atoms with E-state index >= 15 is 0 Å². The van der Waals surface area contributed by atoms with E-state index in [9.17, 15) is 0 Å². The van der Waals surface area contributed by atoms with Gasteiger partial charge in [0.2, 0.25) is 0 Å². The smallest absolute Gasteiger partial charge is 0.0623 e. The molecule has 0 spiro atoms. The molecule has 2 heterocycles. The summed E-state index contributed by atoms with van der Waals surface area (Å²) in [6.45, 7) is 2.43. The molecule has 3 rings (SSSR count). The molecule has 17 heavy (non-hydrogen) atoms. The van der Waals surface area contributed by atoms with Crippen molar-refractivity contribution in [2.24, 2.45) is 17.8 Å². The second kappa shape index (κ2) is 4.89. The van der Waals surface area contributed by atoms with E-state index in [0.29, 0.717) is 18.2 Å². The highest BCUT2D eigenvalue weighted by molar-refractivity contribution is 4.97. The zero-order valence-electron chi connectivity index (χ0n) is 11.3. The molecule has 2 aliphatic heterocycles. The van der Waals surface area contributed by atoms with Crippen molar-refractivity contribution in [2.45, 2.75) is 70.1 Å². The van der Waals surface area contributed by atoms with Crippen LogP contribution in [0.4, 0.5) is 0 Å². The standard InChI is InChI=1S/C15H27NO/c1-10-4-3-5-11(8-10)15(16-2)13-9-12-6-7-14(13)17-12/h10-16H,3-9H2,1-2H3. The molecule has 2 nitrogen and oxygen atoms in total. The first-order chi connectivity index (χ1) is 8.28. The second-order valence-electron chi connectivity index (χ2n) is 6.62. The third-order valence-electron chi connectivity index (χ3n) is 5.43. The zero-order valence-corrected chi connectivity index (χ0v) is 11.3. The molecule has 0 aromatic carbocycles. The first-order valence-corrected chi connectivity index (χ1v) is 7.60. The number of rotatable bonds is 3. The van der Waals surface area contributed by atoms with Gasteiger partial charge in [0.15, 0.2) is 0 Å². The molecule has 3 fully saturated rings. The van der Waals surface area contributed by atoms with Gasteiger partial charge < -0.3 is 10.1 Å². The molecule has 2 bridgehead atoms. The number of fused-ring (bicyclic) bond motifs is 2. The Morgan fingerprint density at radius 3 is 2.59 bits per heavy atom. The Balaban J connectivity index is 1.66. The average molecular weight is 237 g/mol. The Kier molecular flexibility index (Phi) is 3.45. The van der Waals surface area contributed by atoms with E-state index in [1.807, 2.05) is 0 Å². The number of ether oxygens (including phenoxy) is 1. The van der Waals surface area contributed by atoms with Crippen LogP contribution in [0.3, 0.4) is 0 Å². The topological polar surface area (TPSA) is 21.3 Å². The fourth-order valence-electron chi connectivity index (χ4n) is 4.66. The van der Waals surface area contributed by atoms with Gasteiger partial charge in [-0.1, -0.05) is 19.8 Å². The van der Waals surface area contributed by atoms with E-state index in [4.69, 9.17) is 4.74 Å². The lowest BCUT2D eigenvalue weighted by atomic mass is 9.71. The molecular formula is C15H27NO. The summed E-state index contributed by atoms with van der Waals surface area (Å²) in [6, 6.07) is 0.716. The highest BCUT2D eigenvalue weighted by Gasteiger charge is 2.46. The monoisotopic (exact) mass is 237 g/mol. The van der Waals surface area contributed by atoms with Crippen molar-refractivity contribution in [2.75, 3.05) is 7.05 Å². The molecule has 1 N–H and O–H groups in total. The first kappa shape index (κ1) is 12.0. The molecule has 0 amide bonds. The summed E-state index contributed by atoms with van der Waals surface area (Å²) in [5.74, 6) is 2.63. The number of nitrogens with one attached hydrogen (secondary N) is 1. The van der Waals surface area contributed by atoms with Gasteiger partial charge in [0, 0.05) is 12.0 Å². The predicted molar refractivity (Wildman–Crippen MR) is 70.0 cm³/mol. The molecule has 1 saturated carbocycles. The third-order valence-corrected chi connectivity index (χ3v) is 5.43. The Morgan fingerprint density at radius 1 is 1.12 bits per heavy atom. The first-order valence-electron chi connectivity index (χ1n) is 7.60. The molecule has 0 aromatic heterocycles. The molecule has 1 aliphatic carbocycles. The van der Waals surface area contributed by atoms with Gasteiger partial charge in [-0.15, -0.1) is 0 Å². The fourth-order valence-corrected chi connectivity index (χ4v) is 4.66. The van der Waals surface area contributed by atoms with Crippen LogP contribution in [0.15, 0.2) is 0 Å². The molecule has 2 saturated heterocycles. The quantitative estimate of drug-likeness (QED) is 0.815. The minimum absolute atomic E-state index is 0.578. The molecule has 6 atom stereocenters. The summed E-state index contributed by atoms with van der Waals surface area (Å²) in [4.78, 5) is 0.